The van der Waals surface area contributed by atoms with Crippen molar-refractivity contribution in [3.8, 4) is 0 Å². The summed E-state index contributed by atoms with van der Waals surface area (Å²) in [6.45, 7) is 5.83. The molecule has 0 aromatic heterocycles. The van der Waals surface area contributed by atoms with Crippen LogP contribution in [0.15, 0.2) is 24.3 Å². The molecule has 1 aromatic carbocycles. The average molecular weight is 265 g/mol. The van der Waals surface area contributed by atoms with Crippen molar-refractivity contribution in [2.24, 2.45) is 0 Å². The van der Waals surface area contributed by atoms with Crippen molar-refractivity contribution in [1.82, 2.24) is 4.90 Å². The molecule has 3 heteroatoms. The highest BCUT2D eigenvalue weighted by Crippen LogP contribution is 2.12. The minimum atomic E-state index is 0.154. The summed E-state index contributed by atoms with van der Waals surface area (Å²) in [7, 11) is 0. The molecule has 0 N–H and O–H groups in total. The third-order valence-electron chi connectivity index (χ3n) is 2.96. The molecule has 0 aliphatic carbocycles. The number of carbonyl (C=O) groups is 1. The third-order valence-corrected chi connectivity index (χ3v) is 3.58. The first-order chi connectivity index (χ1) is 8.72. The second kappa shape index (κ2) is 8.20. The lowest BCUT2D eigenvalue weighted by atomic mass is 10.1. The third kappa shape index (κ3) is 4.37. The normalized spacial score (nSPS) is 10.4. The monoisotopic (exact) mass is 265 g/mol. The largest absolute Gasteiger partial charge is 0.339 e. The second-order valence-electron chi connectivity index (χ2n) is 4.37. The Hall–Kier alpha value is -0.960. The molecule has 0 aliphatic rings. The summed E-state index contributed by atoms with van der Waals surface area (Å²) in [6, 6.07) is 8.00. The molecule has 0 unspecified atom stereocenters. The molecule has 0 saturated heterocycles. The highest BCUT2D eigenvalue weighted by atomic mass is 32.2. The van der Waals surface area contributed by atoms with Crippen molar-refractivity contribution in [2.75, 3.05) is 19.3 Å². The fraction of sp³-hybridized carbons (Fsp3) is 0.533. The van der Waals surface area contributed by atoms with Crippen molar-refractivity contribution >= 4 is 17.7 Å². The molecule has 0 fully saturated rings. The molecule has 0 saturated carbocycles. The van der Waals surface area contributed by atoms with Crippen molar-refractivity contribution in [3.63, 3.8) is 0 Å². The van der Waals surface area contributed by atoms with Gasteiger partial charge in [0.2, 0.25) is 0 Å². The maximum Gasteiger partial charge on any atom is 0.253 e. The van der Waals surface area contributed by atoms with E-state index in [9.17, 15) is 4.79 Å². The van der Waals surface area contributed by atoms with Crippen LogP contribution in [-0.2, 0) is 5.75 Å². The number of unbranched alkanes of at least 4 members (excludes halogenated alkanes) is 1. The summed E-state index contributed by atoms with van der Waals surface area (Å²) in [5, 5.41) is 0. The van der Waals surface area contributed by atoms with Gasteiger partial charge in [0.1, 0.15) is 0 Å². The first-order valence-corrected chi connectivity index (χ1v) is 7.99. The van der Waals surface area contributed by atoms with Gasteiger partial charge in [-0.2, -0.15) is 11.8 Å². The van der Waals surface area contributed by atoms with Crippen molar-refractivity contribution in [2.45, 2.75) is 32.4 Å². The summed E-state index contributed by atoms with van der Waals surface area (Å²) in [4.78, 5) is 14.2. The van der Waals surface area contributed by atoms with E-state index in [0.717, 1.165) is 37.2 Å². The van der Waals surface area contributed by atoms with Gasteiger partial charge in [-0.3, -0.25) is 4.79 Å². The van der Waals surface area contributed by atoms with E-state index in [1.54, 1.807) is 11.8 Å². The van der Waals surface area contributed by atoms with E-state index >= 15 is 0 Å². The van der Waals surface area contributed by atoms with Gasteiger partial charge in [-0.25, -0.2) is 0 Å². The zero-order valence-corrected chi connectivity index (χ0v) is 12.4. The maximum absolute atomic E-state index is 12.3. The molecule has 0 radical (unpaired) electrons. The second-order valence-corrected chi connectivity index (χ2v) is 5.23. The number of carbonyl (C=O) groups excluding carboxylic acids is 1. The summed E-state index contributed by atoms with van der Waals surface area (Å²) < 4.78 is 0. The lowest BCUT2D eigenvalue weighted by molar-refractivity contribution is 0.0762. The number of thioether (sulfide) groups is 1. The molecular weight excluding hydrogens is 242 g/mol. The predicted octanol–water partition coefficient (Wildman–Crippen LogP) is 3.81. The van der Waals surface area contributed by atoms with Crippen LogP contribution in [0, 0.1) is 0 Å². The maximum atomic E-state index is 12.3. The van der Waals surface area contributed by atoms with Gasteiger partial charge < -0.3 is 4.90 Å². The quantitative estimate of drug-likeness (QED) is 0.747. The van der Waals surface area contributed by atoms with Gasteiger partial charge in [0.15, 0.2) is 0 Å². The SMILES string of the molecule is CCCCN(CC)C(=O)c1ccc(CSC)cc1. The van der Waals surface area contributed by atoms with Crippen LogP contribution in [0.3, 0.4) is 0 Å². The molecule has 1 amide bonds. The summed E-state index contributed by atoms with van der Waals surface area (Å²) >= 11 is 1.80. The number of nitrogens with zero attached hydrogens (tertiary/aromatic N) is 1. The predicted molar refractivity (Wildman–Crippen MR) is 80.1 cm³/mol. The molecule has 0 aliphatic heterocycles. The number of amides is 1. The molecule has 0 heterocycles. The summed E-state index contributed by atoms with van der Waals surface area (Å²) in [5.74, 6) is 1.16. The molecule has 1 aromatic rings. The highest BCUT2D eigenvalue weighted by molar-refractivity contribution is 7.97. The van der Waals surface area contributed by atoms with Crippen LogP contribution in [0.2, 0.25) is 0 Å². The number of rotatable bonds is 7. The van der Waals surface area contributed by atoms with E-state index in [0.29, 0.717) is 0 Å². The minimum absolute atomic E-state index is 0.154. The van der Waals surface area contributed by atoms with E-state index in [1.165, 1.54) is 5.56 Å². The number of benzene rings is 1. The lowest BCUT2D eigenvalue weighted by Crippen LogP contribution is -2.31. The van der Waals surface area contributed by atoms with E-state index < -0.39 is 0 Å². The van der Waals surface area contributed by atoms with Crippen LogP contribution in [0.25, 0.3) is 0 Å². The van der Waals surface area contributed by atoms with Gasteiger partial charge in [0.25, 0.3) is 5.91 Å². The molecule has 0 spiro atoms. The Morgan fingerprint density at radius 3 is 2.39 bits per heavy atom. The van der Waals surface area contributed by atoms with Crippen LogP contribution in [0.5, 0.6) is 0 Å². The first-order valence-electron chi connectivity index (χ1n) is 6.60. The molecule has 1 rings (SSSR count). The minimum Gasteiger partial charge on any atom is -0.339 e. The van der Waals surface area contributed by atoms with Crippen LogP contribution in [0.4, 0.5) is 0 Å². The number of hydrogen-bond acceptors (Lipinski definition) is 2. The van der Waals surface area contributed by atoms with Crippen LogP contribution >= 0.6 is 11.8 Å². The highest BCUT2D eigenvalue weighted by Gasteiger charge is 2.13. The van der Waals surface area contributed by atoms with Crippen molar-refractivity contribution in [1.29, 1.82) is 0 Å². The summed E-state index contributed by atoms with van der Waals surface area (Å²) in [6.07, 6.45) is 4.28. The summed E-state index contributed by atoms with van der Waals surface area (Å²) in [5.41, 5.74) is 2.08. The van der Waals surface area contributed by atoms with E-state index in [2.05, 4.69) is 25.3 Å². The van der Waals surface area contributed by atoms with Crippen molar-refractivity contribution < 1.29 is 4.79 Å². The Bertz CT molecular complexity index is 361. The molecule has 18 heavy (non-hydrogen) atoms. The smallest absolute Gasteiger partial charge is 0.253 e. The standard InChI is InChI=1S/C15H23NOS/c1-4-6-11-16(5-2)15(17)14-9-7-13(8-10-14)12-18-3/h7-10H,4-6,11-12H2,1-3H3. The van der Waals surface area contributed by atoms with Crippen LogP contribution in [-0.4, -0.2) is 30.2 Å². The van der Waals surface area contributed by atoms with Gasteiger partial charge in [-0.1, -0.05) is 25.5 Å². The molecule has 100 valence electrons. The van der Waals surface area contributed by atoms with Gasteiger partial charge in [-0.15, -0.1) is 0 Å². The topological polar surface area (TPSA) is 20.3 Å². The fourth-order valence-electron chi connectivity index (χ4n) is 1.85. The molecular formula is C15H23NOS. The molecule has 0 atom stereocenters. The van der Waals surface area contributed by atoms with Gasteiger partial charge in [0.05, 0.1) is 0 Å². The Morgan fingerprint density at radius 2 is 1.89 bits per heavy atom. The van der Waals surface area contributed by atoms with Gasteiger partial charge in [0, 0.05) is 24.4 Å². The van der Waals surface area contributed by atoms with Gasteiger partial charge >= 0.3 is 0 Å². The lowest BCUT2D eigenvalue weighted by Gasteiger charge is -2.20. The zero-order valence-electron chi connectivity index (χ0n) is 11.6. The van der Waals surface area contributed by atoms with E-state index in [-0.39, 0.29) is 5.91 Å². The first kappa shape index (κ1) is 15.1. The van der Waals surface area contributed by atoms with E-state index in [1.807, 2.05) is 24.0 Å². The Balaban J connectivity index is 2.69. The Labute approximate surface area is 115 Å². The number of hydrogen-bond donors (Lipinski definition) is 0. The molecule has 0 bridgehead atoms. The fourth-order valence-corrected chi connectivity index (χ4v) is 2.37. The molecule has 2 nitrogen and oxygen atoms in total. The average Bonchev–Trinajstić information content (AvgIpc) is 2.40. The Kier molecular flexibility index (Phi) is 6.88. The van der Waals surface area contributed by atoms with Crippen LogP contribution in [0.1, 0.15) is 42.6 Å². The van der Waals surface area contributed by atoms with Crippen molar-refractivity contribution in [3.05, 3.63) is 35.4 Å². The Morgan fingerprint density at radius 1 is 1.22 bits per heavy atom. The van der Waals surface area contributed by atoms with E-state index in [4.69, 9.17) is 0 Å². The van der Waals surface area contributed by atoms with Crippen LogP contribution < -0.4 is 0 Å². The zero-order chi connectivity index (χ0) is 13.4. The van der Waals surface area contributed by atoms with Gasteiger partial charge in [-0.05, 0) is 37.3 Å².